The summed E-state index contributed by atoms with van der Waals surface area (Å²) in [5.41, 5.74) is 0. The average Bonchev–Trinajstić information content (AvgIpc) is 2.56. The van der Waals surface area contributed by atoms with Crippen molar-refractivity contribution >= 4 is 17.4 Å². The van der Waals surface area contributed by atoms with Crippen LogP contribution in [-0.2, 0) is 6.54 Å². The Morgan fingerprint density at radius 2 is 2.54 bits per heavy atom. The minimum Gasteiger partial charge on any atom is -0.465 e. The smallest absolute Gasteiger partial charge is 0.407 e. The molecule has 1 aromatic rings. The molecule has 72 valence electrons. The quantitative estimate of drug-likeness (QED) is 0.809. The maximum Gasteiger partial charge on any atom is 0.407 e. The summed E-state index contributed by atoms with van der Waals surface area (Å²) in [5.74, 6) is 0. The Morgan fingerprint density at radius 1 is 1.77 bits per heavy atom. The number of carboxylic acid groups (broad SMARTS) is 1. The van der Waals surface area contributed by atoms with Gasteiger partial charge in [-0.15, -0.1) is 11.3 Å². The molecule has 0 saturated carbocycles. The van der Waals surface area contributed by atoms with Crippen molar-refractivity contribution in [3.05, 3.63) is 16.6 Å². The second-order valence-corrected chi connectivity index (χ2v) is 3.61. The molecule has 0 saturated heterocycles. The molecule has 1 amide bonds. The summed E-state index contributed by atoms with van der Waals surface area (Å²) in [5, 5.41) is 11.5. The fraction of sp³-hybridized carbons (Fsp3) is 0.500. The van der Waals surface area contributed by atoms with Crippen LogP contribution in [0.4, 0.5) is 4.79 Å². The van der Waals surface area contributed by atoms with Crippen molar-refractivity contribution in [1.82, 2.24) is 9.88 Å². The Labute approximate surface area is 80.8 Å². The molecule has 0 radical (unpaired) electrons. The van der Waals surface area contributed by atoms with Gasteiger partial charge in [-0.3, -0.25) is 0 Å². The fourth-order valence-electron chi connectivity index (χ4n) is 1.01. The van der Waals surface area contributed by atoms with E-state index in [-0.39, 0.29) is 0 Å². The normalized spacial score (nSPS) is 9.92. The van der Waals surface area contributed by atoms with E-state index in [1.165, 1.54) is 16.2 Å². The Bertz CT molecular complexity index is 261. The summed E-state index contributed by atoms with van der Waals surface area (Å²) in [6.45, 7) is 2.92. The lowest BCUT2D eigenvalue weighted by atomic mass is 10.4. The van der Waals surface area contributed by atoms with E-state index in [0.29, 0.717) is 13.1 Å². The lowest BCUT2D eigenvalue weighted by molar-refractivity contribution is 0.142. The van der Waals surface area contributed by atoms with Crippen LogP contribution in [0.1, 0.15) is 18.4 Å². The Kier molecular flexibility index (Phi) is 3.70. The third-order valence-corrected chi connectivity index (χ3v) is 2.34. The molecule has 1 heterocycles. The van der Waals surface area contributed by atoms with Gasteiger partial charge in [0.25, 0.3) is 0 Å². The minimum absolute atomic E-state index is 0.404. The van der Waals surface area contributed by atoms with Gasteiger partial charge >= 0.3 is 6.09 Å². The molecule has 0 aliphatic rings. The minimum atomic E-state index is -0.878. The van der Waals surface area contributed by atoms with Crippen LogP contribution in [0.3, 0.4) is 0 Å². The highest BCUT2D eigenvalue weighted by Gasteiger charge is 2.11. The second-order valence-electron chi connectivity index (χ2n) is 2.63. The summed E-state index contributed by atoms with van der Waals surface area (Å²) in [7, 11) is 0. The molecular weight excluding hydrogens is 188 g/mol. The number of rotatable bonds is 4. The van der Waals surface area contributed by atoms with Gasteiger partial charge < -0.3 is 10.0 Å². The van der Waals surface area contributed by atoms with E-state index in [9.17, 15) is 4.79 Å². The van der Waals surface area contributed by atoms with Crippen LogP contribution in [0.15, 0.2) is 11.6 Å². The number of carbonyl (C=O) groups is 1. The largest absolute Gasteiger partial charge is 0.465 e. The van der Waals surface area contributed by atoms with E-state index < -0.39 is 6.09 Å². The van der Waals surface area contributed by atoms with Crippen LogP contribution in [0.2, 0.25) is 0 Å². The topological polar surface area (TPSA) is 53.4 Å². The Morgan fingerprint density at radius 3 is 3.00 bits per heavy atom. The van der Waals surface area contributed by atoms with Crippen LogP contribution >= 0.6 is 11.3 Å². The maximum atomic E-state index is 10.7. The molecule has 1 aromatic heterocycles. The first-order valence-electron chi connectivity index (χ1n) is 4.10. The van der Waals surface area contributed by atoms with Gasteiger partial charge in [0.15, 0.2) is 0 Å². The van der Waals surface area contributed by atoms with Crippen molar-refractivity contribution in [2.75, 3.05) is 6.54 Å². The molecule has 1 N–H and O–H groups in total. The molecule has 0 bridgehead atoms. The molecular formula is C8H12N2O2S. The zero-order valence-electron chi connectivity index (χ0n) is 7.43. The molecule has 0 aliphatic heterocycles. The van der Waals surface area contributed by atoms with Crippen molar-refractivity contribution in [3.8, 4) is 0 Å². The summed E-state index contributed by atoms with van der Waals surface area (Å²) in [6.07, 6.45) is 1.64. The van der Waals surface area contributed by atoms with Gasteiger partial charge in [-0.2, -0.15) is 0 Å². The lowest BCUT2D eigenvalue weighted by Crippen LogP contribution is -2.29. The highest BCUT2D eigenvalue weighted by Crippen LogP contribution is 2.08. The highest BCUT2D eigenvalue weighted by atomic mass is 32.1. The SMILES string of the molecule is CCCN(Cc1nccs1)C(=O)O. The predicted molar refractivity (Wildman–Crippen MR) is 50.8 cm³/mol. The zero-order chi connectivity index (χ0) is 9.68. The third-order valence-electron chi connectivity index (χ3n) is 1.57. The Balaban J connectivity index is 2.52. The van der Waals surface area contributed by atoms with Gasteiger partial charge in [0.2, 0.25) is 0 Å². The van der Waals surface area contributed by atoms with Gasteiger partial charge in [-0.1, -0.05) is 6.92 Å². The predicted octanol–water partition coefficient (Wildman–Crippen LogP) is 2.03. The number of amides is 1. The van der Waals surface area contributed by atoms with Gasteiger partial charge in [-0.25, -0.2) is 9.78 Å². The average molecular weight is 200 g/mol. The number of hydrogen-bond donors (Lipinski definition) is 1. The van der Waals surface area contributed by atoms with Gasteiger partial charge in [0, 0.05) is 18.1 Å². The molecule has 5 heteroatoms. The van der Waals surface area contributed by atoms with E-state index in [1.807, 2.05) is 12.3 Å². The molecule has 13 heavy (non-hydrogen) atoms. The third kappa shape index (κ3) is 3.02. The van der Waals surface area contributed by atoms with E-state index in [4.69, 9.17) is 5.11 Å². The van der Waals surface area contributed by atoms with Crippen LogP contribution < -0.4 is 0 Å². The van der Waals surface area contributed by atoms with E-state index in [2.05, 4.69) is 4.98 Å². The molecule has 0 unspecified atom stereocenters. The standard InChI is InChI=1S/C8H12N2O2S/c1-2-4-10(8(11)12)6-7-9-3-5-13-7/h3,5H,2,4,6H2,1H3,(H,11,12). The van der Waals surface area contributed by atoms with Crippen LogP contribution in [0.5, 0.6) is 0 Å². The first-order valence-corrected chi connectivity index (χ1v) is 4.98. The summed E-state index contributed by atoms with van der Waals surface area (Å²) in [4.78, 5) is 16.1. The number of aromatic nitrogens is 1. The maximum absolute atomic E-state index is 10.7. The van der Waals surface area contributed by atoms with Crippen LogP contribution in [-0.4, -0.2) is 27.6 Å². The lowest BCUT2D eigenvalue weighted by Gasteiger charge is -2.16. The fourth-order valence-corrected chi connectivity index (χ4v) is 1.64. The van der Waals surface area contributed by atoms with Gasteiger partial charge in [0.1, 0.15) is 5.01 Å². The summed E-state index contributed by atoms with van der Waals surface area (Å²) >= 11 is 1.48. The molecule has 0 fully saturated rings. The van der Waals surface area contributed by atoms with Crippen molar-refractivity contribution in [2.45, 2.75) is 19.9 Å². The number of thiazole rings is 1. The van der Waals surface area contributed by atoms with E-state index >= 15 is 0 Å². The molecule has 4 nitrogen and oxygen atoms in total. The van der Waals surface area contributed by atoms with Crippen LogP contribution in [0.25, 0.3) is 0 Å². The highest BCUT2D eigenvalue weighted by molar-refractivity contribution is 7.09. The molecule has 0 aromatic carbocycles. The monoisotopic (exact) mass is 200 g/mol. The Hall–Kier alpha value is -1.10. The van der Waals surface area contributed by atoms with Crippen molar-refractivity contribution < 1.29 is 9.90 Å². The second kappa shape index (κ2) is 4.81. The number of hydrogen-bond acceptors (Lipinski definition) is 3. The molecule has 0 atom stereocenters. The summed E-state index contributed by atoms with van der Waals surface area (Å²) in [6, 6.07) is 0. The molecule has 0 spiro atoms. The zero-order valence-corrected chi connectivity index (χ0v) is 8.25. The van der Waals surface area contributed by atoms with E-state index in [1.54, 1.807) is 6.20 Å². The van der Waals surface area contributed by atoms with Crippen molar-refractivity contribution in [1.29, 1.82) is 0 Å². The molecule has 0 aliphatic carbocycles. The summed E-state index contributed by atoms with van der Waals surface area (Å²) < 4.78 is 0. The van der Waals surface area contributed by atoms with Crippen LogP contribution in [0, 0.1) is 0 Å². The first kappa shape index (κ1) is 9.98. The van der Waals surface area contributed by atoms with Gasteiger partial charge in [0.05, 0.1) is 6.54 Å². The van der Waals surface area contributed by atoms with E-state index in [0.717, 1.165) is 11.4 Å². The number of nitrogens with zero attached hydrogens (tertiary/aromatic N) is 2. The van der Waals surface area contributed by atoms with Gasteiger partial charge in [-0.05, 0) is 6.42 Å². The molecule has 1 rings (SSSR count). The van der Waals surface area contributed by atoms with Crippen molar-refractivity contribution in [2.24, 2.45) is 0 Å². The first-order chi connectivity index (χ1) is 6.24. The van der Waals surface area contributed by atoms with Crippen molar-refractivity contribution in [3.63, 3.8) is 0 Å².